The second-order valence-electron chi connectivity index (χ2n) is 11.6. The zero-order valence-corrected chi connectivity index (χ0v) is 29.5. The predicted octanol–water partition coefficient (Wildman–Crippen LogP) is 8.27. The highest BCUT2D eigenvalue weighted by atomic mass is 35.5. The summed E-state index contributed by atoms with van der Waals surface area (Å²) in [6, 6.07) is 21.4. The lowest BCUT2D eigenvalue weighted by Gasteiger charge is -2.34. The number of nitrogens with zero attached hydrogens (tertiary/aromatic N) is 2. The minimum Gasteiger partial charge on any atom is -0.354 e. The van der Waals surface area contributed by atoms with Gasteiger partial charge in [0, 0.05) is 29.6 Å². The number of carbonyl (C=O) groups is 2. The Bertz CT molecular complexity index is 1880. The molecule has 0 spiro atoms. The maximum Gasteiger partial charge on any atom is 0.416 e. The molecule has 0 bridgehead atoms. The number of sulfonamides is 1. The van der Waals surface area contributed by atoms with Crippen LogP contribution in [-0.4, -0.2) is 44.3 Å². The first kappa shape index (κ1) is 38.0. The van der Waals surface area contributed by atoms with E-state index in [1.165, 1.54) is 35.2 Å². The van der Waals surface area contributed by atoms with Crippen LogP contribution in [0.1, 0.15) is 30.5 Å². The van der Waals surface area contributed by atoms with Gasteiger partial charge in [-0.1, -0.05) is 103 Å². The molecule has 0 aliphatic heterocycles. The highest BCUT2D eigenvalue weighted by Crippen LogP contribution is 2.37. The van der Waals surface area contributed by atoms with Gasteiger partial charge in [-0.3, -0.25) is 13.9 Å². The lowest BCUT2D eigenvalue weighted by molar-refractivity contribution is -0.140. The molecule has 0 aromatic heterocycles. The SMILES string of the molecule is CC(C)CNC(=O)C(Cc1ccccc1)N(Cc1ccc(Cl)cc1Cl)C(=O)CN(c1cc(C(F)(F)F)ccc1Cl)S(=O)(=O)c1ccccc1. The molecule has 0 radical (unpaired) electrons. The summed E-state index contributed by atoms with van der Waals surface area (Å²) >= 11 is 19.0. The van der Waals surface area contributed by atoms with E-state index in [1.54, 1.807) is 48.5 Å². The highest BCUT2D eigenvalue weighted by molar-refractivity contribution is 7.92. The van der Waals surface area contributed by atoms with Gasteiger partial charge >= 0.3 is 6.18 Å². The fraction of sp³-hybridized carbons (Fsp3) is 0.257. The van der Waals surface area contributed by atoms with Gasteiger partial charge in [0.05, 0.1) is 21.2 Å². The van der Waals surface area contributed by atoms with Gasteiger partial charge in [-0.05, 0) is 59.5 Å². The monoisotopic (exact) mass is 753 g/mol. The average molecular weight is 755 g/mol. The second-order valence-corrected chi connectivity index (χ2v) is 14.7. The number of carbonyl (C=O) groups excluding carboxylic acids is 2. The van der Waals surface area contributed by atoms with Crippen molar-refractivity contribution in [2.24, 2.45) is 5.92 Å². The molecule has 2 amide bonds. The van der Waals surface area contributed by atoms with Crippen LogP contribution in [0.15, 0.2) is 102 Å². The van der Waals surface area contributed by atoms with Crippen LogP contribution in [0.5, 0.6) is 0 Å². The number of alkyl halides is 3. The quantitative estimate of drug-likeness (QED) is 0.149. The average Bonchev–Trinajstić information content (AvgIpc) is 3.05. The topological polar surface area (TPSA) is 86.8 Å². The number of benzene rings is 4. The Morgan fingerprint density at radius 2 is 1.47 bits per heavy atom. The van der Waals surface area contributed by atoms with Crippen LogP contribution in [0.4, 0.5) is 18.9 Å². The van der Waals surface area contributed by atoms with Crippen LogP contribution in [0.25, 0.3) is 0 Å². The van der Waals surface area contributed by atoms with E-state index in [9.17, 15) is 31.2 Å². The molecular formula is C35H33Cl3F3N3O4S. The van der Waals surface area contributed by atoms with Crippen molar-refractivity contribution in [2.75, 3.05) is 17.4 Å². The lowest BCUT2D eigenvalue weighted by Crippen LogP contribution is -2.53. The molecular weight excluding hydrogens is 722 g/mol. The van der Waals surface area contributed by atoms with Gasteiger partial charge < -0.3 is 10.2 Å². The van der Waals surface area contributed by atoms with E-state index in [-0.39, 0.29) is 40.4 Å². The van der Waals surface area contributed by atoms with Gasteiger partial charge in [-0.15, -0.1) is 0 Å². The molecule has 0 fully saturated rings. The molecule has 260 valence electrons. The molecule has 4 aromatic rings. The Morgan fingerprint density at radius 1 is 0.837 bits per heavy atom. The molecule has 0 aliphatic rings. The molecule has 0 saturated carbocycles. The van der Waals surface area contributed by atoms with E-state index < -0.39 is 51.9 Å². The standard InChI is InChI=1S/C35H33Cl3F3N3O4S/c1-23(2)20-42-34(46)32(17-24-9-5-3-6-10-24)43(21-25-13-15-27(36)19-30(25)38)33(45)22-44(49(47,48)28-11-7-4-8-12-28)31-18-26(35(39,40)41)14-16-29(31)37/h3-16,18-19,23,32H,17,20-22H2,1-2H3,(H,42,46). The molecule has 4 rings (SSSR count). The van der Waals surface area contributed by atoms with Crippen LogP contribution in [-0.2, 0) is 38.8 Å². The van der Waals surface area contributed by atoms with E-state index in [2.05, 4.69) is 5.32 Å². The maximum atomic E-state index is 14.6. The summed E-state index contributed by atoms with van der Waals surface area (Å²) in [4.78, 5) is 29.3. The summed E-state index contributed by atoms with van der Waals surface area (Å²) in [7, 11) is -4.69. The first-order chi connectivity index (χ1) is 23.1. The largest absolute Gasteiger partial charge is 0.416 e. The molecule has 14 heteroatoms. The number of hydrogen-bond donors (Lipinski definition) is 1. The predicted molar refractivity (Wildman–Crippen MR) is 186 cm³/mol. The van der Waals surface area contributed by atoms with Gasteiger partial charge in [0.1, 0.15) is 12.6 Å². The third-order valence-corrected chi connectivity index (χ3v) is 10.1. The lowest BCUT2D eigenvalue weighted by atomic mass is 10.0. The molecule has 0 heterocycles. The Balaban J connectivity index is 1.88. The third-order valence-electron chi connectivity index (χ3n) is 7.46. The van der Waals surface area contributed by atoms with E-state index in [0.29, 0.717) is 32.6 Å². The van der Waals surface area contributed by atoms with Crippen molar-refractivity contribution in [1.29, 1.82) is 0 Å². The molecule has 4 aromatic carbocycles. The zero-order valence-electron chi connectivity index (χ0n) is 26.4. The smallest absolute Gasteiger partial charge is 0.354 e. The van der Waals surface area contributed by atoms with Gasteiger partial charge in [-0.2, -0.15) is 13.2 Å². The van der Waals surface area contributed by atoms with Crippen LogP contribution in [0.3, 0.4) is 0 Å². The Labute approximate surface area is 298 Å². The Morgan fingerprint density at radius 3 is 2.06 bits per heavy atom. The van der Waals surface area contributed by atoms with Crippen molar-refractivity contribution in [3.63, 3.8) is 0 Å². The van der Waals surface area contributed by atoms with Crippen LogP contribution in [0.2, 0.25) is 15.1 Å². The third kappa shape index (κ3) is 9.91. The molecule has 49 heavy (non-hydrogen) atoms. The van der Waals surface area contributed by atoms with Crippen molar-refractivity contribution >= 4 is 62.3 Å². The molecule has 0 aliphatic carbocycles. The first-order valence-corrected chi connectivity index (χ1v) is 17.6. The number of rotatable bonds is 13. The molecule has 1 N–H and O–H groups in total. The molecule has 0 saturated heterocycles. The molecule has 7 nitrogen and oxygen atoms in total. The van der Waals surface area contributed by atoms with Gasteiger partial charge in [-0.25, -0.2) is 8.42 Å². The van der Waals surface area contributed by atoms with Crippen molar-refractivity contribution in [2.45, 2.75) is 43.9 Å². The van der Waals surface area contributed by atoms with E-state index in [4.69, 9.17) is 34.8 Å². The maximum absolute atomic E-state index is 14.6. The number of halogens is 6. The number of anilines is 1. The number of nitrogens with one attached hydrogen (secondary N) is 1. The van der Waals surface area contributed by atoms with Crippen LogP contribution < -0.4 is 9.62 Å². The molecule has 1 unspecified atom stereocenters. The van der Waals surface area contributed by atoms with E-state index in [1.807, 2.05) is 13.8 Å². The minimum absolute atomic E-state index is 0.0253. The van der Waals surface area contributed by atoms with Gasteiger partial charge in [0.15, 0.2) is 0 Å². The zero-order chi connectivity index (χ0) is 35.9. The van der Waals surface area contributed by atoms with Crippen molar-refractivity contribution in [3.05, 3.63) is 129 Å². The summed E-state index contributed by atoms with van der Waals surface area (Å²) in [5, 5.41) is 3.01. The summed E-state index contributed by atoms with van der Waals surface area (Å²) in [5.41, 5.74) is -0.653. The highest BCUT2D eigenvalue weighted by Gasteiger charge is 2.37. The summed E-state index contributed by atoms with van der Waals surface area (Å²) in [5.74, 6) is -1.36. The first-order valence-electron chi connectivity index (χ1n) is 15.1. The number of amides is 2. The van der Waals surface area contributed by atoms with Gasteiger partial charge in [0.2, 0.25) is 11.8 Å². The Hall–Kier alpha value is -3.77. The van der Waals surface area contributed by atoms with Crippen molar-refractivity contribution in [1.82, 2.24) is 10.2 Å². The Kier molecular flexibility index (Phi) is 12.6. The van der Waals surface area contributed by atoms with Crippen molar-refractivity contribution < 1.29 is 31.2 Å². The van der Waals surface area contributed by atoms with Crippen LogP contribution in [0, 0.1) is 5.92 Å². The number of hydrogen-bond acceptors (Lipinski definition) is 4. The minimum atomic E-state index is -4.85. The summed E-state index contributed by atoms with van der Waals surface area (Å²) < 4.78 is 70.4. The fourth-order valence-corrected chi connectivity index (χ4v) is 7.11. The fourth-order valence-electron chi connectivity index (χ4n) is 4.92. The van der Waals surface area contributed by atoms with Crippen molar-refractivity contribution in [3.8, 4) is 0 Å². The van der Waals surface area contributed by atoms with Crippen LogP contribution >= 0.6 is 34.8 Å². The van der Waals surface area contributed by atoms with E-state index in [0.717, 1.165) is 6.07 Å². The second kappa shape index (κ2) is 16.3. The normalized spacial score (nSPS) is 12.4. The summed E-state index contributed by atoms with van der Waals surface area (Å²) in [6.07, 6.45) is -4.82. The molecule has 1 atom stereocenters. The summed E-state index contributed by atoms with van der Waals surface area (Å²) in [6.45, 7) is 2.80. The van der Waals surface area contributed by atoms with E-state index >= 15 is 0 Å². The van der Waals surface area contributed by atoms with Gasteiger partial charge in [0.25, 0.3) is 10.0 Å².